The molecule has 0 spiro atoms. The Bertz CT molecular complexity index is 1300. The lowest BCUT2D eigenvalue weighted by molar-refractivity contribution is -0.112. The fourth-order valence-corrected chi connectivity index (χ4v) is 4.07. The van der Waals surface area contributed by atoms with Crippen molar-refractivity contribution in [3.63, 3.8) is 0 Å². The van der Waals surface area contributed by atoms with E-state index in [2.05, 4.69) is 5.32 Å². The van der Waals surface area contributed by atoms with Crippen molar-refractivity contribution in [1.82, 2.24) is 9.78 Å². The molecule has 0 saturated carbocycles. The van der Waals surface area contributed by atoms with Gasteiger partial charge >= 0.3 is 0 Å². The van der Waals surface area contributed by atoms with Gasteiger partial charge < -0.3 is 10.1 Å². The van der Waals surface area contributed by atoms with E-state index >= 15 is 0 Å². The number of benzene rings is 2. The average molecular weight is 455 g/mol. The zero-order valence-electron chi connectivity index (χ0n) is 18.1. The summed E-state index contributed by atoms with van der Waals surface area (Å²) in [7, 11) is 0. The van der Waals surface area contributed by atoms with Crippen LogP contribution in [0.25, 0.3) is 16.6 Å². The molecule has 0 atom stereocenters. The van der Waals surface area contributed by atoms with Crippen LogP contribution in [0.5, 0.6) is 5.75 Å². The molecular weight excluding hydrogens is 432 g/mol. The van der Waals surface area contributed by atoms with Gasteiger partial charge in [-0.1, -0.05) is 48.5 Å². The summed E-state index contributed by atoms with van der Waals surface area (Å²) in [6.07, 6.45) is 3.45. The molecule has 0 saturated heterocycles. The topological polar surface area (TPSA) is 79.9 Å². The summed E-state index contributed by atoms with van der Waals surface area (Å²) in [5.74, 6) is 0.0539. The van der Waals surface area contributed by atoms with Gasteiger partial charge in [0.15, 0.2) is 0 Å². The van der Waals surface area contributed by atoms with E-state index in [0.29, 0.717) is 30.2 Å². The second-order valence-electron chi connectivity index (χ2n) is 7.15. The lowest BCUT2D eigenvalue weighted by atomic mass is 10.1. The maximum absolute atomic E-state index is 12.9. The molecular formula is C26H22N4O2S. The van der Waals surface area contributed by atoms with Gasteiger partial charge in [0.05, 0.1) is 23.7 Å². The molecule has 0 unspecified atom stereocenters. The number of amides is 1. The molecule has 4 aromatic rings. The van der Waals surface area contributed by atoms with E-state index in [4.69, 9.17) is 9.84 Å². The van der Waals surface area contributed by atoms with Gasteiger partial charge in [-0.3, -0.25) is 9.48 Å². The Hall–Kier alpha value is -4.15. The number of aromatic nitrogens is 2. The number of nitriles is 1. The van der Waals surface area contributed by atoms with Crippen molar-refractivity contribution in [2.45, 2.75) is 13.5 Å². The molecule has 6 nitrogen and oxygen atoms in total. The molecule has 0 aliphatic carbocycles. The third-order valence-electron chi connectivity index (χ3n) is 4.83. The Morgan fingerprint density at radius 2 is 1.94 bits per heavy atom. The van der Waals surface area contributed by atoms with E-state index in [-0.39, 0.29) is 5.57 Å². The summed E-state index contributed by atoms with van der Waals surface area (Å²) in [6, 6.07) is 23.1. The van der Waals surface area contributed by atoms with Crippen LogP contribution in [-0.4, -0.2) is 22.3 Å². The molecule has 2 aromatic carbocycles. The fourth-order valence-electron chi connectivity index (χ4n) is 3.34. The van der Waals surface area contributed by atoms with Crippen molar-refractivity contribution < 1.29 is 9.53 Å². The summed E-state index contributed by atoms with van der Waals surface area (Å²) < 4.78 is 7.40. The van der Waals surface area contributed by atoms with Crippen molar-refractivity contribution in [1.29, 1.82) is 5.26 Å². The summed E-state index contributed by atoms with van der Waals surface area (Å²) >= 11 is 1.56. The van der Waals surface area contributed by atoms with Crippen LogP contribution in [0.2, 0.25) is 0 Å². The molecule has 0 aliphatic heterocycles. The van der Waals surface area contributed by atoms with Crippen LogP contribution in [0.3, 0.4) is 0 Å². The van der Waals surface area contributed by atoms with E-state index in [1.54, 1.807) is 35.6 Å². The largest absolute Gasteiger partial charge is 0.492 e. The maximum atomic E-state index is 12.9. The predicted octanol–water partition coefficient (Wildman–Crippen LogP) is 5.60. The summed E-state index contributed by atoms with van der Waals surface area (Å²) in [4.78, 5) is 13.9. The average Bonchev–Trinajstić information content (AvgIpc) is 3.49. The van der Waals surface area contributed by atoms with Crippen molar-refractivity contribution in [2.75, 3.05) is 11.9 Å². The Morgan fingerprint density at radius 3 is 2.67 bits per heavy atom. The van der Waals surface area contributed by atoms with Crippen LogP contribution in [0, 0.1) is 11.3 Å². The van der Waals surface area contributed by atoms with E-state index in [1.807, 2.05) is 77.8 Å². The first-order valence-corrected chi connectivity index (χ1v) is 11.4. The minimum Gasteiger partial charge on any atom is -0.492 e. The van der Waals surface area contributed by atoms with Crippen LogP contribution in [0.1, 0.15) is 18.1 Å². The van der Waals surface area contributed by atoms with Gasteiger partial charge in [0.25, 0.3) is 5.91 Å². The second-order valence-corrected chi connectivity index (χ2v) is 8.09. The van der Waals surface area contributed by atoms with Crippen LogP contribution in [-0.2, 0) is 11.3 Å². The van der Waals surface area contributed by atoms with Crippen LogP contribution in [0.15, 0.2) is 83.9 Å². The number of ether oxygens (including phenoxy) is 1. The van der Waals surface area contributed by atoms with Crippen molar-refractivity contribution in [3.05, 3.63) is 95.0 Å². The number of thiophene rings is 1. The molecule has 0 radical (unpaired) electrons. The highest BCUT2D eigenvalue weighted by Crippen LogP contribution is 2.29. The molecule has 0 bridgehead atoms. The molecule has 0 aliphatic rings. The van der Waals surface area contributed by atoms with Gasteiger partial charge in [-0.2, -0.15) is 10.4 Å². The minimum absolute atomic E-state index is 0.0154. The number of para-hydroxylation sites is 2. The number of nitrogens with zero attached hydrogens (tertiary/aromatic N) is 3. The third kappa shape index (κ3) is 5.37. The molecule has 4 rings (SSSR count). The smallest absolute Gasteiger partial charge is 0.266 e. The zero-order chi connectivity index (χ0) is 23.0. The number of carbonyl (C=O) groups is 1. The normalized spacial score (nSPS) is 11.1. The van der Waals surface area contributed by atoms with Gasteiger partial charge in [0.1, 0.15) is 23.1 Å². The van der Waals surface area contributed by atoms with Crippen molar-refractivity contribution in [3.8, 4) is 22.4 Å². The molecule has 164 valence electrons. The van der Waals surface area contributed by atoms with E-state index in [9.17, 15) is 10.1 Å². The lowest BCUT2D eigenvalue weighted by Gasteiger charge is -2.10. The van der Waals surface area contributed by atoms with E-state index in [1.165, 1.54) is 0 Å². The van der Waals surface area contributed by atoms with Gasteiger partial charge in [0, 0.05) is 11.8 Å². The van der Waals surface area contributed by atoms with Gasteiger partial charge in [-0.25, -0.2) is 0 Å². The Balaban J connectivity index is 1.65. The highest BCUT2D eigenvalue weighted by Gasteiger charge is 2.16. The monoisotopic (exact) mass is 454 g/mol. The number of hydrogen-bond donors (Lipinski definition) is 1. The maximum Gasteiger partial charge on any atom is 0.266 e. The second kappa shape index (κ2) is 10.4. The third-order valence-corrected chi connectivity index (χ3v) is 5.71. The van der Waals surface area contributed by atoms with Gasteiger partial charge in [-0.15, -0.1) is 11.3 Å². The molecule has 0 fully saturated rings. The number of carbonyl (C=O) groups excluding carboxylic acids is 1. The van der Waals surface area contributed by atoms with E-state index in [0.717, 1.165) is 16.1 Å². The first kappa shape index (κ1) is 22.1. The van der Waals surface area contributed by atoms with Gasteiger partial charge in [-0.05, 0) is 42.1 Å². The quantitative estimate of drug-likeness (QED) is 0.277. The van der Waals surface area contributed by atoms with Crippen molar-refractivity contribution >= 4 is 29.0 Å². The molecule has 33 heavy (non-hydrogen) atoms. The van der Waals surface area contributed by atoms with Crippen molar-refractivity contribution in [2.24, 2.45) is 0 Å². The van der Waals surface area contributed by atoms with Crippen LogP contribution >= 0.6 is 11.3 Å². The SMILES string of the molecule is CCOc1ccccc1NC(=O)/C(C#N)=C/c1cn(Cc2ccccc2)nc1-c1cccs1. The summed E-state index contributed by atoms with van der Waals surface area (Å²) in [5.41, 5.74) is 3.05. The lowest BCUT2D eigenvalue weighted by Crippen LogP contribution is -2.14. The van der Waals surface area contributed by atoms with Gasteiger partial charge in [0.2, 0.25) is 0 Å². The molecule has 2 aromatic heterocycles. The first-order valence-electron chi connectivity index (χ1n) is 10.5. The number of nitrogens with one attached hydrogen (secondary N) is 1. The zero-order valence-corrected chi connectivity index (χ0v) is 18.9. The van der Waals surface area contributed by atoms with Crippen LogP contribution in [0.4, 0.5) is 5.69 Å². The number of anilines is 1. The molecule has 1 N–H and O–H groups in total. The highest BCUT2D eigenvalue weighted by atomic mass is 32.1. The minimum atomic E-state index is -0.502. The molecule has 7 heteroatoms. The summed E-state index contributed by atoms with van der Waals surface area (Å²) in [5, 5.41) is 19.2. The summed E-state index contributed by atoms with van der Waals surface area (Å²) in [6.45, 7) is 2.93. The fraction of sp³-hybridized carbons (Fsp3) is 0.115. The Morgan fingerprint density at radius 1 is 1.15 bits per heavy atom. The van der Waals surface area contributed by atoms with E-state index < -0.39 is 5.91 Å². The standard InChI is InChI=1S/C26H22N4O2S/c1-2-32-23-12-7-6-11-22(23)28-26(31)20(16-27)15-21-18-30(17-19-9-4-3-5-10-19)29-25(21)24-13-8-14-33-24/h3-15,18H,2,17H2,1H3,(H,28,31)/b20-15+. The predicted molar refractivity (Wildman–Crippen MR) is 131 cm³/mol. The number of rotatable bonds is 8. The number of hydrogen-bond acceptors (Lipinski definition) is 5. The highest BCUT2D eigenvalue weighted by molar-refractivity contribution is 7.13. The first-order chi connectivity index (χ1) is 16.2. The van der Waals surface area contributed by atoms with Crippen LogP contribution < -0.4 is 10.1 Å². The Labute approximate surface area is 196 Å². The molecule has 2 heterocycles. The Kier molecular flexibility index (Phi) is 6.98. The molecule has 1 amide bonds.